The number of nitrogens with zero attached hydrogens (tertiary/aromatic N) is 1. The molecule has 0 spiro atoms. The Morgan fingerprint density at radius 3 is 2.31 bits per heavy atom. The van der Waals surface area contributed by atoms with Gasteiger partial charge in [-0.25, -0.2) is 0 Å². The van der Waals surface area contributed by atoms with Gasteiger partial charge in [-0.2, -0.15) is 5.01 Å². The summed E-state index contributed by atoms with van der Waals surface area (Å²) in [7, 11) is 0. The lowest BCUT2D eigenvalue weighted by Crippen LogP contribution is -2.44. The number of phenols is 1. The van der Waals surface area contributed by atoms with Crippen molar-refractivity contribution in [2.24, 2.45) is 0 Å². The van der Waals surface area contributed by atoms with Gasteiger partial charge in [0.05, 0.1) is 4.91 Å². The summed E-state index contributed by atoms with van der Waals surface area (Å²) >= 11 is 6.24. The van der Waals surface area contributed by atoms with Crippen molar-refractivity contribution in [3.63, 3.8) is 0 Å². The molecular weight excluding hydrogens is 372 g/mol. The fourth-order valence-electron chi connectivity index (χ4n) is 2.17. The van der Waals surface area contributed by atoms with Gasteiger partial charge in [0.25, 0.3) is 11.8 Å². The van der Waals surface area contributed by atoms with Crippen LogP contribution in [0.3, 0.4) is 0 Å². The first-order valence-electron chi connectivity index (χ1n) is 7.41. The molecule has 3 rings (SSSR count). The number of carbonyl (C=O) groups is 3. The van der Waals surface area contributed by atoms with E-state index < -0.39 is 11.8 Å². The van der Waals surface area contributed by atoms with E-state index in [1.807, 2.05) is 0 Å². The second-order valence-corrected chi connectivity index (χ2v) is 6.97. The third kappa shape index (κ3) is 3.81. The number of hydrogen-bond donors (Lipinski definition) is 2. The van der Waals surface area contributed by atoms with E-state index >= 15 is 0 Å². The maximum absolute atomic E-state index is 12.5. The van der Waals surface area contributed by atoms with Gasteiger partial charge < -0.3 is 5.11 Å². The van der Waals surface area contributed by atoms with E-state index in [1.54, 1.807) is 30.3 Å². The second kappa shape index (κ2) is 7.51. The molecule has 130 valence electrons. The Balaban J connectivity index is 1.75. The summed E-state index contributed by atoms with van der Waals surface area (Å²) < 4.78 is 0.206. The van der Waals surface area contributed by atoms with Crippen molar-refractivity contribution in [2.75, 3.05) is 0 Å². The van der Waals surface area contributed by atoms with Gasteiger partial charge in [-0.3, -0.25) is 19.8 Å². The van der Waals surface area contributed by atoms with Crippen LogP contribution >= 0.6 is 24.0 Å². The van der Waals surface area contributed by atoms with Crippen LogP contribution in [0.4, 0.5) is 0 Å². The van der Waals surface area contributed by atoms with Gasteiger partial charge >= 0.3 is 0 Å². The molecule has 0 aliphatic carbocycles. The van der Waals surface area contributed by atoms with Crippen LogP contribution < -0.4 is 5.43 Å². The fourth-order valence-corrected chi connectivity index (χ4v) is 3.34. The fraction of sp³-hybridized carbons (Fsp3) is 0. The predicted molar refractivity (Wildman–Crippen MR) is 102 cm³/mol. The SMILES string of the molecule is O=Cc1ccc(C=C2SC(=S)N(NC(=O)c3ccc(O)cc3)C2=O)cc1. The molecule has 0 radical (unpaired) electrons. The van der Waals surface area contributed by atoms with Crippen LogP contribution in [-0.4, -0.2) is 32.5 Å². The van der Waals surface area contributed by atoms with Crippen molar-refractivity contribution in [1.29, 1.82) is 0 Å². The standard InChI is InChI=1S/C18H12N2O4S2/c21-10-12-3-1-11(2-4-12)9-15-17(24)20(18(25)26-15)19-16(23)13-5-7-14(22)8-6-13/h1-10,22H,(H,19,23). The summed E-state index contributed by atoms with van der Waals surface area (Å²) in [4.78, 5) is 35.8. The number of hydrogen-bond acceptors (Lipinski definition) is 6. The quantitative estimate of drug-likeness (QED) is 0.479. The summed E-state index contributed by atoms with van der Waals surface area (Å²) in [5.41, 5.74) is 4.02. The Labute approximate surface area is 158 Å². The van der Waals surface area contributed by atoms with Crippen LogP contribution in [0.2, 0.25) is 0 Å². The van der Waals surface area contributed by atoms with Gasteiger partial charge in [-0.15, -0.1) is 0 Å². The van der Waals surface area contributed by atoms with Crippen LogP contribution in [0.15, 0.2) is 53.4 Å². The minimum atomic E-state index is -0.516. The van der Waals surface area contributed by atoms with E-state index in [9.17, 15) is 19.5 Å². The van der Waals surface area contributed by atoms with Crippen LogP contribution in [-0.2, 0) is 4.79 Å². The number of benzene rings is 2. The Morgan fingerprint density at radius 1 is 1.08 bits per heavy atom. The maximum atomic E-state index is 12.5. The first-order chi connectivity index (χ1) is 12.5. The van der Waals surface area contributed by atoms with Crippen molar-refractivity contribution in [3.05, 3.63) is 70.1 Å². The van der Waals surface area contributed by atoms with Crippen molar-refractivity contribution in [2.45, 2.75) is 0 Å². The number of thiocarbonyl (C=S) groups is 1. The molecule has 2 amide bonds. The lowest BCUT2D eigenvalue weighted by atomic mass is 10.1. The topological polar surface area (TPSA) is 86.7 Å². The molecule has 1 saturated heterocycles. The molecule has 8 heteroatoms. The third-order valence-corrected chi connectivity index (χ3v) is 4.81. The smallest absolute Gasteiger partial charge is 0.285 e. The second-order valence-electron chi connectivity index (χ2n) is 5.29. The lowest BCUT2D eigenvalue weighted by molar-refractivity contribution is -0.123. The molecule has 0 aromatic heterocycles. The first-order valence-corrected chi connectivity index (χ1v) is 8.63. The Morgan fingerprint density at radius 2 is 1.69 bits per heavy atom. The van der Waals surface area contributed by atoms with Gasteiger partial charge in [-0.1, -0.05) is 36.0 Å². The predicted octanol–water partition coefficient (Wildman–Crippen LogP) is 2.75. The maximum Gasteiger partial charge on any atom is 0.285 e. The molecule has 2 aromatic rings. The molecule has 1 heterocycles. The Kier molecular flexibility index (Phi) is 5.15. The van der Waals surface area contributed by atoms with Crippen molar-refractivity contribution in [3.8, 4) is 5.75 Å². The van der Waals surface area contributed by atoms with Crippen LogP contribution in [0, 0.1) is 0 Å². The molecule has 6 nitrogen and oxygen atoms in total. The molecule has 0 atom stereocenters. The number of hydrazine groups is 1. The summed E-state index contributed by atoms with van der Waals surface area (Å²) in [5, 5.41) is 10.3. The van der Waals surface area contributed by atoms with Crippen molar-refractivity contribution >= 4 is 52.5 Å². The minimum absolute atomic E-state index is 0.0377. The largest absolute Gasteiger partial charge is 0.508 e. The summed E-state index contributed by atoms with van der Waals surface area (Å²) in [5.74, 6) is -0.917. The van der Waals surface area contributed by atoms with E-state index in [2.05, 4.69) is 5.43 Å². The van der Waals surface area contributed by atoms with Gasteiger partial charge in [0.15, 0.2) is 4.32 Å². The van der Waals surface area contributed by atoms with Crippen LogP contribution in [0.1, 0.15) is 26.3 Å². The first kappa shape index (κ1) is 17.8. The van der Waals surface area contributed by atoms with E-state index in [-0.39, 0.29) is 15.6 Å². The average molecular weight is 384 g/mol. The number of carbonyl (C=O) groups excluding carboxylic acids is 3. The van der Waals surface area contributed by atoms with Crippen molar-refractivity contribution < 1.29 is 19.5 Å². The number of aromatic hydroxyl groups is 1. The zero-order valence-corrected chi connectivity index (χ0v) is 14.8. The number of aldehydes is 1. The molecule has 0 bridgehead atoms. The van der Waals surface area contributed by atoms with Crippen LogP contribution in [0.25, 0.3) is 6.08 Å². The highest BCUT2D eigenvalue weighted by atomic mass is 32.2. The minimum Gasteiger partial charge on any atom is -0.508 e. The van der Waals surface area contributed by atoms with E-state index in [4.69, 9.17) is 12.2 Å². The zero-order valence-electron chi connectivity index (χ0n) is 13.2. The molecule has 1 aliphatic heterocycles. The van der Waals surface area contributed by atoms with Crippen molar-refractivity contribution in [1.82, 2.24) is 10.4 Å². The molecule has 2 N–H and O–H groups in total. The molecule has 2 aromatic carbocycles. The Hall–Kier alpha value is -2.97. The molecule has 1 aliphatic rings. The number of rotatable bonds is 4. The van der Waals surface area contributed by atoms with Gasteiger partial charge in [0.1, 0.15) is 12.0 Å². The number of thioether (sulfide) groups is 1. The molecular formula is C18H12N2O4S2. The highest BCUT2D eigenvalue weighted by Crippen LogP contribution is 2.31. The lowest BCUT2D eigenvalue weighted by Gasteiger charge is -2.15. The highest BCUT2D eigenvalue weighted by molar-refractivity contribution is 8.26. The van der Waals surface area contributed by atoms with Gasteiger partial charge in [-0.05, 0) is 48.1 Å². The van der Waals surface area contributed by atoms with E-state index in [1.165, 1.54) is 24.3 Å². The monoisotopic (exact) mass is 384 g/mol. The summed E-state index contributed by atoms with van der Waals surface area (Å²) in [6, 6.07) is 12.3. The molecule has 1 fully saturated rings. The van der Waals surface area contributed by atoms with E-state index in [0.717, 1.165) is 28.6 Å². The van der Waals surface area contributed by atoms with Gasteiger partial charge in [0, 0.05) is 11.1 Å². The molecule has 26 heavy (non-hydrogen) atoms. The number of nitrogens with one attached hydrogen (secondary N) is 1. The zero-order chi connectivity index (χ0) is 18.7. The molecule has 0 unspecified atom stereocenters. The Bertz CT molecular complexity index is 921. The highest BCUT2D eigenvalue weighted by Gasteiger charge is 2.33. The summed E-state index contributed by atoms with van der Waals surface area (Å²) in [6.07, 6.45) is 2.38. The third-order valence-electron chi connectivity index (χ3n) is 3.51. The number of phenolic OH excluding ortho intramolecular Hbond substituents is 1. The normalized spacial score (nSPS) is 15.4. The average Bonchev–Trinajstić information content (AvgIpc) is 2.90. The van der Waals surface area contributed by atoms with E-state index in [0.29, 0.717) is 10.5 Å². The van der Waals surface area contributed by atoms with Crippen LogP contribution in [0.5, 0.6) is 5.75 Å². The summed E-state index contributed by atoms with van der Waals surface area (Å²) in [6.45, 7) is 0. The molecule has 0 saturated carbocycles. The van der Waals surface area contributed by atoms with Gasteiger partial charge in [0.2, 0.25) is 0 Å². The number of amides is 2.